The van der Waals surface area contributed by atoms with Gasteiger partial charge in [-0.25, -0.2) is 0 Å². The van der Waals surface area contributed by atoms with E-state index in [1.54, 1.807) is 32.7 Å². The standard InChI is InChI=1S/C35H36N2O3S.C4H10O.C2H6/c1-22-10-12-26(13-11-22)33-24(3)34-30-18-28(36-16-17-40-21-31(36)25-8-6-5-7-9-25)15-14-27(30)20-37(41-4)35(34)23(2)29(33)19-32(38)39;1-4(2,3)5;1-2/h5-15,18,31H,16-17,19-21H2,1-4H3,(H,38,39);5H,1-3H3;1-2H3. The Morgan fingerprint density at radius 3 is 2.19 bits per heavy atom. The van der Waals surface area contributed by atoms with Crippen molar-refractivity contribution in [3.63, 3.8) is 0 Å². The van der Waals surface area contributed by atoms with E-state index in [1.807, 2.05) is 13.8 Å². The number of benzene rings is 4. The van der Waals surface area contributed by atoms with Gasteiger partial charge in [-0.1, -0.05) is 92.0 Å². The molecular formula is C41H52N2O4S. The highest BCUT2D eigenvalue weighted by Gasteiger charge is 2.32. The van der Waals surface area contributed by atoms with Gasteiger partial charge in [0.1, 0.15) is 0 Å². The Kier molecular flexibility index (Phi) is 12.4. The second-order valence-electron chi connectivity index (χ2n) is 13.2. The lowest BCUT2D eigenvalue weighted by Crippen LogP contribution is -2.39. The van der Waals surface area contributed by atoms with E-state index in [9.17, 15) is 9.90 Å². The number of hydrogen-bond acceptors (Lipinski definition) is 6. The number of aliphatic carboxylic acids is 1. The lowest BCUT2D eigenvalue weighted by molar-refractivity contribution is -0.136. The molecule has 0 aliphatic carbocycles. The molecule has 1 atom stereocenters. The van der Waals surface area contributed by atoms with E-state index in [1.165, 1.54) is 33.5 Å². The molecule has 6 rings (SSSR count). The predicted octanol–water partition coefficient (Wildman–Crippen LogP) is 9.55. The van der Waals surface area contributed by atoms with Gasteiger partial charge < -0.3 is 24.2 Å². The molecule has 0 amide bonds. The van der Waals surface area contributed by atoms with E-state index >= 15 is 0 Å². The van der Waals surface area contributed by atoms with Crippen molar-refractivity contribution in [3.8, 4) is 22.3 Å². The first-order valence-corrected chi connectivity index (χ1v) is 18.1. The van der Waals surface area contributed by atoms with Crippen LogP contribution in [0.25, 0.3) is 22.3 Å². The van der Waals surface area contributed by atoms with Crippen LogP contribution in [0.5, 0.6) is 0 Å². The van der Waals surface area contributed by atoms with Crippen molar-refractivity contribution < 1.29 is 19.7 Å². The van der Waals surface area contributed by atoms with Crippen molar-refractivity contribution in [3.05, 3.63) is 106 Å². The third-order valence-corrected chi connectivity index (χ3v) is 9.31. The normalized spacial score (nSPS) is 15.3. The van der Waals surface area contributed by atoms with Crippen LogP contribution in [-0.4, -0.2) is 47.8 Å². The second kappa shape index (κ2) is 16.1. The highest BCUT2D eigenvalue weighted by atomic mass is 32.2. The summed E-state index contributed by atoms with van der Waals surface area (Å²) in [5.74, 6) is -0.811. The fourth-order valence-corrected chi connectivity index (χ4v) is 7.22. The van der Waals surface area contributed by atoms with E-state index in [0.29, 0.717) is 13.2 Å². The quantitative estimate of drug-likeness (QED) is 0.198. The van der Waals surface area contributed by atoms with Gasteiger partial charge in [0.15, 0.2) is 0 Å². The number of ether oxygens (including phenoxy) is 1. The smallest absolute Gasteiger partial charge is 0.307 e. The van der Waals surface area contributed by atoms with Gasteiger partial charge in [-0.2, -0.15) is 0 Å². The number of aryl methyl sites for hydroxylation is 1. The van der Waals surface area contributed by atoms with Crippen LogP contribution in [0, 0.1) is 20.8 Å². The second-order valence-corrected chi connectivity index (χ2v) is 14.0. The number of nitrogens with zero attached hydrogens (tertiary/aromatic N) is 2. The van der Waals surface area contributed by atoms with Crippen LogP contribution in [0.1, 0.15) is 74.0 Å². The van der Waals surface area contributed by atoms with Gasteiger partial charge in [0.2, 0.25) is 0 Å². The fraction of sp³-hybridized carbons (Fsp3) is 0.390. The molecule has 1 fully saturated rings. The summed E-state index contributed by atoms with van der Waals surface area (Å²) in [4.78, 5) is 14.6. The molecule has 7 heteroatoms. The first kappa shape index (κ1) is 37.0. The molecule has 0 saturated carbocycles. The molecule has 2 aliphatic heterocycles. The van der Waals surface area contributed by atoms with Gasteiger partial charge >= 0.3 is 5.97 Å². The molecule has 0 spiro atoms. The molecule has 0 bridgehead atoms. The highest BCUT2D eigenvalue weighted by Crippen LogP contribution is 2.51. The Labute approximate surface area is 291 Å². The number of rotatable bonds is 6. The van der Waals surface area contributed by atoms with E-state index in [4.69, 9.17) is 9.84 Å². The third-order valence-electron chi connectivity index (χ3n) is 8.56. The molecule has 4 aromatic rings. The first-order valence-electron chi connectivity index (χ1n) is 16.9. The maximum Gasteiger partial charge on any atom is 0.307 e. The molecule has 1 saturated heterocycles. The van der Waals surface area contributed by atoms with Gasteiger partial charge in [0.25, 0.3) is 0 Å². The van der Waals surface area contributed by atoms with Crippen molar-refractivity contribution in [1.29, 1.82) is 0 Å². The molecule has 2 aliphatic rings. The molecule has 48 heavy (non-hydrogen) atoms. The lowest BCUT2D eigenvalue weighted by Gasteiger charge is -2.39. The predicted molar refractivity (Wildman–Crippen MR) is 203 cm³/mol. The Morgan fingerprint density at radius 1 is 0.938 bits per heavy atom. The topological polar surface area (TPSA) is 73.2 Å². The number of fused-ring (bicyclic) bond motifs is 3. The van der Waals surface area contributed by atoms with Gasteiger partial charge in [0, 0.05) is 24.1 Å². The summed E-state index contributed by atoms with van der Waals surface area (Å²) >= 11 is 1.69. The van der Waals surface area contributed by atoms with Crippen LogP contribution >= 0.6 is 11.9 Å². The van der Waals surface area contributed by atoms with Gasteiger partial charge in [-0.3, -0.25) is 4.79 Å². The van der Waals surface area contributed by atoms with Crippen molar-refractivity contribution in [2.45, 2.75) is 80.0 Å². The van der Waals surface area contributed by atoms with Crippen molar-refractivity contribution in [2.24, 2.45) is 0 Å². The largest absolute Gasteiger partial charge is 0.481 e. The molecule has 1 unspecified atom stereocenters. The van der Waals surface area contributed by atoms with Gasteiger partial charge in [-0.15, -0.1) is 0 Å². The summed E-state index contributed by atoms with van der Waals surface area (Å²) in [6, 6.07) is 26.1. The lowest BCUT2D eigenvalue weighted by atomic mass is 9.80. The number of anilines is 2. The van der Waals surface area contributed by atoms with Crippen LogP contribution in [0.2, 0.25) is 0 Å². The summed E-state index contributed by atoms with van der Waals surface area (Å²) in [5, 5.41) is 18.5. The van der Waals surface area contributed by atoms with E-state index in [2.05, 4.69) is 109 Å². The van der Waals surface area contributed by atoms with Gasteiger partial charge in [0.05, 0.1) is 43.5 Å². The van der Waals surface area contributed by atoms with E-state index in [-0.39, 0.29) is 12.5 Å². The van der Waals surface area contributed by atoms with Crippen LogP contribution in [0.15, 0.2) is 72.8 Å². The molecular weight excluding hydrogens is 617 g/mol. The molecule has 2 heterocycles. The van der Waals surface area contributed by atoms with E-state index < -0.39 is 11.6 Å². The number of morpholine rings is 1. The Hall–Kier alpha value is -3.78. The average Bonchev–Trinajstić information content (AvgIpc) is 3.07. The molecule has 6 nitrogen and oxygen atoms in total. The number of carbonyl (C=O) groups is 1. The molecule has 4 aromatic carbocycles. The van der Waals surface area contributed by atoms with Crippen LogP contribution in [0.4, 0.5) is 11.4 Å². The van der Waals surface area contributed by atoms with Crippen molar-refractivity contribution in [2.75, 3.05) is 35.2 Å². The number of carboxylic acids is 1. The Morgan fingerprint density at radius 2 is 1.58 bits per heavy atom. The van der Waals surface area contributed by atoms with Crippen LogP contribution in [-0.2, 0) is 22.5 Å². The minimum atomic E-state index is -0.811. The highest BCUT2D eigenvalue weighted by molar-refractivity contribution is 7.99. The average molecular weight is 669 g/mol. The zero-order valence-electron chi connectivity index (χ0n) is 30.1. The molecule has 2 N–H and O–H groups in total. The SMILES string of the molecule is CC.CC(C)(C)O.CSN1Cc2ccc(N3CCOCC3c3ccccc3)cc2-c2c(C)c(-c3ccc(C)cc3)c(CC(=O)O)c(C)c21. The van der Waals surface area contributed by atoms with Crippen LogP contribution in [0.3, 0.4) is 0 Å². The minimum Gasteiger partial charge on any atom is -0.481 e. The number of hydrogen-bond donors (Lipinski definition) is 2. The first-order chi connectivity index (χ1) is 22.9. The molecule has 0 radical (unpaired) electrons. The zero-order valence-corrected chi connectivity index (χ0v) is 30.9. The third kappa shape index (κ3) is 8.43. The summed E-state index contributed by atoms with van der Waals surface area (Å²) in [6.45, 7) is 18.5. The van der Waals surface area contributed by atoms with Crippen molar-refractivity contribution >= 4 is 29.3 Å². The zero-order chi connectivity index (χ0) is 35.2. The maximum absolute atomic E-state index is 12.1. The summed E-state index contributed by atoms with van der Waals surface area (Å²) < 4.78 is 8.26. The minimum absolute atomic E-state index is 0.00911. The molecule has 256 valence electrons. The van der Waals surface area contributed by atoms with Crippen LogP contribution < -0.4 is 9.21 Å². The monoisotopic (exact) mass is 668 g/mol. The fourth-order valence-electron chi connectivity index (χ4n) is 6.54. The van der Waals surface area contributed by atoms with Crippen molar-refractivity contribution in [1.82, 2.24) is 0 Å². The summed E-state index contributed by atoms with van der Waals surface area (Å²) in [7, 11) is 0. The summed E-state index contributed by atoms with van der Waals surface area (Å²) in [5.41, 5.74) is 13.1. The number of carboxylic acid groups (broad SMARTS) is 1. The number of aliphatic hydroxyl groups is 1. The van der Waals surface area contributed by atoms with Gasteiger partial charge in [-0.05, 0) is 98.2 Å². The summed E-state index contributed by atoms with van der Waals surface area (Å²) in [6.07, 6.45) is 2.09. The maximum atomic E-state index is 12.1. The van der Waals surface area contributed by atoms with E-state index in [0.717, 1.165) is 46.6 Å². The molecule has 0 aromatic heterocycles. The Bertz CT molecular complexity index is 1690. The Balaban J connectivity index is 0.000000682.